The molecule has 5 N–H and O–H groups in total. The van der Waals surface area contributed by atoms with Gasteiger partial charge in [-0.15, -0.1) is 10.2 Å². The molecular formula is C44H44N8O11. The fourth-order valence-corrected chi connectivity index (χ4v) is 7.09. The van der Waals surface area contributed by atoms with Gasteiger partial charge in [-0.3, -0.25) is 34.4 Å². The normalized spacial score (nSPS) is 14.5. The lowest BCUT2D eigenvalue weighted by atomic mass is 9.98. The number of fused-ring (bicyclic) bond motifs is 1. The first-order valence-corrected chi connectivity index (χ1v) is 20.0. The number of likely N-dealkylation sites (N-methyl/N-ethyl adjacent to an activating group) is 1. The van der Waals surface area contributed by atoms with E-state index >= 15 is 0 Å². The van der Waals surface area contributed by atoms with Crippen LogP contribution in [0.1, 0.15) is 71.6 Å². The third-order valence-corrected chi connectivity index (χ3v) is 10.4. The summed E-state index contributed by atoms with van der Waals surface area (Å²) in [4.78, 5) is 78.2. The Hall–Kier alpha value is -7.96. The summed E-state index contributed by atoms with van der Waals surface area (Å²) in [7, 11) is 1.47. The number of nitrogens with zero attached hydrogens (tertiary/aromatic N) is 5. The number of hydrogen-bond donors (Lipinski definition) is 5. The molecule has 2 aliphatic heterocycles. The molecule has 1 aromatic heterocycles. The Kier molecular flexibility index (Phi) is 12.6. The molecule has 0 bridgehead atoms. The average molecular weight is 861 g/mol. The van der Waals surface area contributed by atoms with Crippen LogP contribution < -0.4 is 25.4 Å². The third kappa shape index (κ3) is 9.36. The minimum Gasteiger partial charge on any atom is -0.508 e. The molecule has 5 aromatic rings. The number of benzene rings is 4. The van der Waals surface area contributed by atoms with Crippen molar-refractivity contribution in [3.63, 3.8) is 0 Å². The predicted octanol–water partition coefficient (Wildman–Crippen LogP) is 5.45. The van der Waals surface area contributed by atoms with Crippen molar-refractivity contribution in [1.29, 1.82) is 0 Å². The first-order valence-electron chi connectivity index (χ1n) is 20.0. The van der Waals surface area contributed by atoms with E-state index in [1.165, 1.54) is 27.5 Å². The molecule has 1 atom stereocenters. The molecular weight excluding hydrogens is 817 g/mol. The zero-order valence-corrected chi connectivity index (χ0v) is 34.7. The highest BCUT2D eigenvalue weighted by atomic mass is 16.6. The van der Waals surface area contributed by atoms with E-state index in [-0.39, 0.29) is 84.7 Å². The summed E-state index contributed by atoms with van der Waals surface area (Å²) >= 11 is 0. The van der Waals surface area contributed by atoms with E-state index < -0.39 is 30.0 Å². The molecule has 0 aliphatic carbocycles. The molecule has 0 spiro atoms. The van der Waals surface area contributed by atoms with Gasteiger partial charge in [0.05, 0.1) is 12.1 Å². The number of hydrogen-bond acceptors (Lipinski definition) is 13. The molecule has 3 heterocycles. The molecule has 0 saturated carbocycles. The average Bonchev–Trinajstić information content (AvgIpc) is 3.84. The molecule has 19 heteroatoms. The van der Waals surface area contributed by atoms with Gasteiger partial charge < -0.3 is 39.5 Å². The number of anilines is 1. The number of carbonyl (C=O) groups excluding carboxylic acids is 6. The van der Waals surface area contributed by atoms with Gasteiger partial charge in [0.1, 0.15) is 41.4 Å². The van der Waals surface area contributed by atoms with E-state index in [2.05, 4.69) is 26.1 Å². The van der Waals surface area contributed by atoms with Gasteiger partial charge >= 0.3 is 12.2 Å². The van der Waals surface area contributed by atoms with Crippen LogP contribution in [-0.2, 0) is 20.9 Å². The number of aromatic hydroxyl groups is 2. The molecule has 1 fully saturated rings. The number of carbonyl (C=O) groups is 6. The molecule has 6 amide bonds. The summed E-state index contributed by atoms with van der Waals surface area (Å²) in [6.45, 7) is 5.81. The number of aromatic nitrogens is 3. The number of phenols is 2. The lowest BCUT2D eigenvalue weighted by molar-refractivity contribution is -0.136. The topological polar surface area (TPSA) is 244 Å². The number of piperidine rings is 1. The molecule has 1 unspecified atom stereocenters. The summed E-state index contributed by atoms with van der Waals surface area (Å²) in [5.41, 5.74) is 2.53. The van der Waals surface area contributed by atoms with Gasteiger partial charge in [0, 0.05) is 55.1 Å². The fourth-order valence-electron chi connectivity index (χ4n) is 7.09. The van der Waals surface area contributed by atoms with Crippen molar-refractivity contribution in [2.45, 2.75) is 52.1 Å². The summed E-state index contributed by atoms with van der Waals surface area (Å²) in [6, 6.07) is 19.9. The first-order chi connectivity index (χ1) is 30.2. The number of imide groups is 1. The number of rotatable bonds is 13. The number of nitrogens with one attached hydrogen (secondary N) is 3. The van der Waals surface area contributed by atoms with Crippen LogP contribution in [0, 0.1) is 0 Å². The van der Waals surface area contributed by atoms with Gasteiger partial charge in [0.2, 0.25) is 17.6 Å². The van der Waals surface area contributed by atoms with Crippen LogP contribution in [-0.4, -0.2) is 103 Å². The summed E-state index contributed by atoms with van der Waals surface area (Å²) in [5, 5.41) is 37.2. The van der Waals surface area contributed by atoms with Crippen molar-refractivity contribution >= 4 is 41.5 Å². The summed E-state index contributed by atoms with van der Waals surface area (Å²) in [6.07, 6.45) is -1.20. The van der Waals surface area contributed by atoms with Crippen LogP contribution in [0.5, 0.6) is 28.7 Å². The van der Waals surface area contributed by atoms with Gasteiger partial charge in [0.25, 0.3) is 11.8 Å². The van der Waals surface area contributed by atoms with E-state index in [9.17, 15) is 39.0 Å². The highest BCUT2D eigenvalue weighted by Crippen LogP contribution is 2.39. The molecule has 7 rings (SSSR count). The lowest BCUT2D eigenvalue weighted by Crippen LogP contribution is -2.52. The first kappa shape index (κ1) is 43.1. The van der Waals surface area contributed by atoms with Crippen LogP contribution in [0.2, 0.25) is 0 Å². The predicted molar refractivity (Wildman–Crippen MR) is 225 cm³/mol. The Balaban J connectivity index is 0.920. The van der Waals surface area contributed by atoms with Crippen LogP contribution in [0.15, 0.2) is 78.9 Å². The second-order valence-corrected chi connectivity index (χ2v) is 15.0. The van der Waals surface area contributed by atoms with Crippen molar-refractivity contribution in [2.75, 3.05) is 32.1 Å². The molecule has 4 aromatic carbocycles. The maximum atomic E-state index is 13.1. The molecule has 19 nitrogen and oxygen atoms in total. The smallest absolute Gasteiger partial charge is 0.415 e. The number of amides is 6. The molecule has 2 aliphatic rings. The van der Waals surface area contributed by atoms with Crippen molar-refractivity contribution in [3.05, 3.63) is 101 Å². The van der Waals surface area contributed by atoms with Crippen LogP contribution >= 0.6 is 0 Å². The Morgan fingerprint density at radius 1 is 0.921 bits per heavy atom. The number of phenolic OH excluding ortho intramolecular Hbond substituents is 2. The molecule has 326 valence electrons. The second-order valence-electron chi connectivity index (χ2n) is 15.0. The van der Waals surface area contributed by atoms with Gasteiger partial charge in [-0.2, -0.15) is 0 Å². The summed E-state index contributed by atoms with van der Waals surface area (Å²) in [5.74, 6) is -0.887. The van der Waals surface area contributed by atoms with Crippen molar-refractivity contribution in [3.8, 4) is 45.8 Å². The zero-order valence-electron chi connectivity index (χ0n) is 34.7. The van der Waals surface area contributed by atoms with Gasteiger partial charge in [-0.25, -0.2) is 9.59 Å². The second kappa shape index (κ2) is 18.3. The largest absolute Gasteiger partial charge is 0.508 e. The van der Waals surface area contributed by atoms with Gasteiger partial charge in [0.15, 0.2) is 5.82 Å². The molecule has 63 heavy (non-hydrogen) atoms. The lowest BCUT2D eigenvalue weighted by Gasteiger charge is -2.29. The van der Waals surface area contributed by atoms with Crippen molar-refractivity contribution in [2.24, 2.45) is 0 Å². The van der Waals surface area contributed by atoms with E-state index in [0.29, 0.717) is 46.1 Å². The Bertz CT molecular complexity index is 2590. The van der Waals surface area contributed by atoms with Gasteiger partial charge in [-0.05, 0) is 91.6 Å². The van der Waals surface area contributed by atoms with E-state index in [4.69, 9.17) is 14.2 Å². The third-order valence-electron chi connectivity index (χ3n) is 10.4. The highest BCUT2D eigenvalue weighted by molar-refractivity contribution is 6.06. The van der Waals surface area contributed by atoms with Crippen LogP contribution in [0.3, 0.4) is 0 Å². The zero-order chi connectivity index (χ0) is 44.9. The maximum absolute atomic E-state index is 13.1. The quantitative estimate of drug-likeness (QED) is 0.0926. The minimum atomic E-state index is -0.815. The van der Waals surface area contributed by atoms with Crippen molar-refractivity contribution < 1.29 is 53.2 Å². The maximum Gasteiger partial charge on any atom is 0.415 e. The summed E-state index contributed by atoms with van der Waals surface area (Å²) < 4.78 is 18.3. The molecule has 0 radical (unpaired) electrons. The van der Waals surface area contributed by atoms with E-state index in [0.717, 1.165) is 0 Å². The Morgan fingerprint density at radius 2 is 1.62 bits per heavy atom. The SMILES string of the molecule is CCNC(=O)c1nnc(-c2cc(C(C)C)c(O)cc2O)n1-c1ccc(Oc2ccc(OC(=O)N(C)CCOC(=O)Nc3cccc4c3CN(C3CCC(=O)NC3=O)C4=O)cc2)cc1. The fraction of sp³-hybridized carbons (Fsp3) is 0.273. The van der Waals surface area contributed by atoms with Gasteiger partial charge in [-0.1, -0.05) is 19.9 Å². The van der Waals surface area contributed by atoms with E-state index in [1.807, 2.05) is 13.8 Å². The monoisotopic (exact) mass is 860 g/mol. The highest BCUT2D eigenvalue weighted by Gasteiger charge is 2.40. The standard InChI is InChI=1S/C44H44N8O11/c1-5-45-41(57)39-49-48-38(31-21-30(24(2)3)35(53)22-36(31)54)52(39)25-9-11-26(12-10-25)62-27-13-15-28(16-14-27)63-44(60)50(4)19-20-61-43(59)46-33-8-6-7-29-32(33)23-51(42(29)58)34-17-18-37(55)47-40(34)56/h6-16,21-22,24,34,53-54H,5,17-20,23H2,1-4H3,(H,45,57)(H,46,59)(H,47,55,56). The Morgan fingerprint density at radius 3 is 2.30 bits per heavy atom. The minimum absolute atomic E-state index is 0.00536. The van der Waals surface area contributed by atoms with Crippen LogP contribution in [0.25, 0.3) is 17.1 Å². The van der Waals surface area contributed by atoms with Crippen molar-refractivity contribution in [1.82, 2.24) is 35.2 Å². The molecule has 1 saturated heterocycles. The van der Waals surface area contributed by atoms with E-state index in [1.54, 1.807) is 79.7 Å². The number of ether oxygens (including phenoxy) is 3. The Labute approximate surface area is 360 Å². The van der Waals surface area contributed by atoms with Crippen LogP contribution in [0.4, 0.5) is 15.3 Å².